The predicted molar refractivity (Wildman–Crippen MR) is 75.6 cm³/mol. The van der Waals surface area contributed by atoms with Gasteiger partial charge in [0, 0.05) is 29.5 Å². The van der Waals surface area contributed by atoms with Gasteiger partial charge in [-0.05, 0) is 25.1 Å². The molecule has 18 heavy (non-hydrogen) atoms. The number of hydrogen-bond acceptors (Lipinski definition) is 3. The van der Waals surface area contributed by atoms with Gasteiger partial charge in [0.2, 0.25) is 0 Å². The molecule has 0 bridgehead atoms. The van der Waals surface area contributed by atoms with Crippen LogP contribution < -0.4 is 16.2 Å². The van der Waals surface area contributed by atoms with Crippen molar-refractivity contribution in [2.24, 2.45) is 5.92 Å². The molecule has 0 aliphatic carbocycles. The zero-order chi connectivity index (χ0) is 13.1. The standard InChI is InChI=1S/C12H15BrClN3O/c1-7-8(6-16-17-7)5-15-12(18)10-4-9(13)2-3-11(10)14/h2-4,7-8,16-17H,5-6H2,1H3,(H,15,18). The molecule has 1 heterocycles. The second kappa shape index (κ2) is 6.02. The number of carbonyl (C=O) groups excluding carboxylic acids is 1. The number of hydrogen-bond donors (Lipinski definition) is 3. The first-order valence-electron chi connectivity index (χ1n) is 5.79. The lowest BCUT2D eigenvalue weighted by Gasteiger charge is -2.14. The lowest BCUT2D eigenvalue weighted by molar-refractivity contribution is 0.0947. The molecule has 0 saturated carbocycles. The zero-order valence-electron chi connectivity index (χ0n) is 9.97. The van der Waals surface area contributed by atoms with Gasteiger partial charge in [0.25, 0.3) is 5.91 Å². The molecule has 2 rings (SSSR count). The Labute approximate surface area is 120 Å². The minimum atomic E-state index is -0.139. The smallest absolute Gasteiger partial charge is 0.252 e. The summed E-state index contributed by atoms with van der Waals surface area (Å²) in [4.78, 5) is 12.0. The van der Waals surface area contributed by atoms with E-state index in [1.54, 1.807) is 12.1 Å². The Morgan fingerprint density at radius 3 is 3.06 bits per heavy atom. The average Bonchev–Trinajstić information content (AvgIpc) is 2.75. The highest BCUT2D eigenvalue weighted by Gasteiger charge is 2.23. The largest absolute Gasteiger partial charge is 0.352 e. The summed E-state index contributed by atoms with van der Waals surface area (Å²) in [5.41, 5.74) is 6.69. The van der Waals surface area contributed by atoms with Crippen molar-refractivity contribution < 1.29 is 4.79 Å². The molecule has 0 aromatic heterocycles. The van der Waals surface area contributed by atoms with Gasteiger partial charge in [-0.15, -0.1) is 0 Å². The summed E-state index contributed by atoms with van der Waals surface area (Å²) in [5.74, 6) is 0.250. The van der Waals surface area contributed by atoms with Crippen LogP contribution in [0.3, 0.4) is 0 Å². The van der Waals surface area contributed by atoms with E-state index in [-0.39, 0.29) is 5.91 Å². The molecular formula is C12H15BrClN3O. The third kappa shape index (κ3) is 3.23. The molecule has 1 aromatic carbocycles. The zero-order valence-corrected chi connectivity index (χ0v) is 12.3. The van der Waals surface area contributed by atoms with Crippen LogP contribution in [0.5, 0.6) is 0 Å². The summed E-state index contributed by atoms with van der Waals surface area (Å²) in [7, 11) is 0. The summed E-state index contributed by atoms with van der Waals surface area (Å²) in [5, 5.41) is 3.38. The first-order valence-corrected chi connectivity index (χ1v) is 6.96. The van der Waals surface area contributed by atoms with Crippen LogP contribution in [0.25, 0.3) is 0 Å². The lowest BCUT2D eigenvalue weighted by Crippen LogP contribution is -2.35. The highest BCUT2D eigenvalue weighted by molar-refractivity contribution is 9.10. The first-order chi connectivity index (χ1) is 8.58. The molecule has 4 nitrogen and oxygen atoms in total. The monoisotopic (exact) mass is 331 g/mol. The Kier molecular flexibility index (Phi) is 4.61. The number of benzene rings is 1. The average molecular weight is 333 g/mol. The topological polar surface area (TPSA) is 53.2 Å². The van der Waals surface area contributed by atoms with Gasteiger partial charge in [-0.1, -0.05) is 27.5 Å². The molecule has 2 atom stereocenters. The predicted octanol–water partition coefficient (Wildman–Crippen LogP) is 1.94. The van der Waals surface area contributed by atoms with E-state index in [9.17, 15) is 4.79 Å². The number of carbonyl (C=O) groups is 1. The van der Waals surface area contributed by atoms with Crippen LogP contribution in [-0.4, -0.2) is 25.0 Å². The molecule has 3 N–H and O–H groups in total. The Hall–Kier alpha value is -0.620. The molecule has 2 unspecified atom stereocenters. The quantitative estimate of drug-likeness (QED) is 0.793. The molecular weight excluding hydrogens is 318 g/mol. The Balaban J connectivity index is 1.97. The van der Waals surface area contributed by atoms with Crippen molar-refractivity contribution in [3.63, 3.8) is 0 Å². The van der Waals surface area contributed by atoms with Crippen LogP contribution in [0.15, 0.2) is 22.7 Å². The number of amides is 1. The summed E-state index contributed by atoms with van der Waals surface area (Å²) >= 11 is 9.34. The van der Waals surface area contributed by atoms with Gasteiger partial charge in [0.05, 0.1) is 10.6 Å². The third-order valence-corrected chi connectivity index (χ3v) is 3.92. The molecule has 0 radical (unpaired) electrons. The molecule has 1 aliphatic rings. The molecule has 1 aliphatic heterocycles. The van der Waals surface area contributed by atoms with Crippen LogP contribution in [0.4, 0.5) is 0 Å². The Morgan fingerprint density at radius 1 is 1.61 bits per heavy atom. The van der Waals surface area contributed by atoms with Crippen molar-refractivity contribution >= 4 is 33.4 Å². The molecule has 1 saturated heterocycles. The highest BCUT2D eigenvalue weighted by atomic mass is 79.9. The summed E-state index contributed by atoms with van der Waals surface area (Å²) in [6, 6.07) is 5.60. The second-order valence-electron chi connectivity index (χ2n) is 4.41. The fraction of sp³-hybridized carbons (Fsp3) is 0.417. The molecule has 1 amide bonds. The summed E-state index contributed by atoms with van der Waals surface area (Å²) in [6.45, 7) is 3.57. The van der Waals surface area contributed by atoms with Crippen LogP contribution >= 0.6 is 27.5 Å². The first kappa shape index (κ1) is 13.8. The SMILES string of the molecule is CC1NNCC1CNC(=O)c1cc(Br)ccc1Cl. The van der Waals surface area contributed by atoms with Crippen LogP contribution in [0.1, 0.15) is 17.3 Å². The van der Waals surface area contributed by atoms with Crippen LogP contribution in [-0.2, 0) is 0 Å². The summed E-state index contributed by atoms with van der Waals surface area (Å²) in [6.07, 6.45) is 0. The minimum Gasteiger partial charge on any atom is -0.352 e. The van der Waals surface area contributed by atoms with Gasteiger partial charge in [0.15, 0.2) is 0 Å². The third-order valence-electron chi connectivity index (χ3n) is 3.10. The Morgan fingerprint density at radius 2 is 2.39 bits per heavy atom. The maximum atomic E-state index is 12.0. The van der Waals surface area contributed by atoms with Gasteiger partial charge >= 0.3 is 0 Å². The number of hydrazine groups is 1. The van der Waals surface area contributed by atoms with E-state index in [0.717, 1.165) is 11.0 Å². The lowest BCUT2D eigenvalue weighted by atomic mass is 10.0. The van der Waals surface area contributed by atoms with Gasteiger partial charge in [-0.25, -0.2) is 0 Å². The van der Waals surface area contributed by atoms with E-state index >= 15 is 0 Å². The van der Waals surface area contributed by atoms with Gasteiger partial charge in [0.1, 0.15) is 0 Å². The number of halogens is 2. The maximum Gasteiger partial charge on any atom is 0.252 e. The van der Waals surface area contributed by atoms with E-state index < -0.39 is 0 Å². The van der Waals surface area contributed by atoms with E-state index in [2.05, 4.69) is 39.0 Å². The van der Waals surface area contributed by atoms with E-state index in [0.29, 0.717) is 29.1 Å². The van der Waals surface area contributed by atoms with Crippen molar-refractivity contribution in [1.29, 1.82) is 0 Å². The number of rotatable bonds is 3. The Bertz CT molecular complexity index is 455. The summed E-state index contributed by atoms with van der Waals surface area (Å²) < 4.78 is 0.842. The van der Waals surface area contributed by atoms with E-state index in [1.807, 2.05) is 6.07 Å². The van der Waals surface area contributed by atoms with Gasteiger partial charge < -0.3 is 5.32 Å². The van der Waals surface area contributed by atoms with Crippen molar-refractivity contribution in [3.8, 4) is 0 Å². The van der Waals surface area contributed by atoms with Crippen LogP contribution in [0, 0.1) is 5.92 Å². The minimum absolute atomic E-state index is 0.139. The number of nitrogens with one attached hydrogen (secondary N) is 3. The van der Waals surface area contributed by atoms with Crippen molar-refractivity contribution in [3.05, 3.63) is 33.3 Å². The maximum absolute atomic E-state index is 12.0. The van der Waals surface area contributed by atoms with Gasteiger partial charge in [-0.2, -0.15) is 0 Å². The van der Waals surface area contributed by atoms with Crippen molar-refractivity contribution in [2.45, 2.75) is 13.0 Å². The highest BCUT2D eigenvalue weighted by Crippen LogP contribution is 2.21. The van der Waals surface area contributed by atoms with Crippen molar-refractivity contribution in [2.75, 3.05) is 13.1 Å². The van der Waals surface area contributed by atoms with E-state index in [1.165, 1.54) is 0 Å². The fourth-order valence-electron chi connectivity index (χ4n) is 1.89. The van der Waals surface area contributed by atoms with Crippen LogP contribution in [0.2, 0.25) is 5.02 Å². The molecule has 0 spiro atoms. The van der Waals surface area contributed by atoms with Crippen molar-refractivity contribution in [1.82, 2.24) is 16.2 Å². The normalized spacial score (nSPS) is 23.1. The van der Waals surface area contributed by atoms with E-state index in [4.69, 9.17) is 11.6 Å². The van der Waals surface area contributed by atoms with Gasteiger partial charge in [-0.3, -0.25) is 15.6 Å². The molecule has 1 aromatic rings. The second-order valence-corrected chi connectivity index (χ2v) is 5.73. The fourth-order valence-corrected chi connectivity index (χ4v) is 2.45. The molecule has 1 fully saturated rings. The molecule has 98 valence electrons. The molecule has 6 heteroatoms.